The van der Waals surface area contributed by atoms with E-state index in [4.69, 9.17) is 23.2 Å². The zero-order valence-corrected chi connectivity index (χ0v) is 18.1. The molecule has 0 fully saturated rings. The minimum Gasteiger partial charge on any atom is -0.376 e. The normalized spacial score (nSPS) is 10.6. The minimum absolute atomic E-state index is 0.241. The average molecular weight is 444 g/mol. The standard InChI is InChI=1S/C23H23Cl2N3O2/c1-28-13-11-18(21(23(28)30)27-15-17-6-3-2-4-7-17)22(29)26-12-5-8-16-9-10-19(24)20(25)14-16/h2-4,6-7,9-11,13-14,27H,5,8,12,15H2,1H3,(H,26,29). The van der Waals surface area contributed by atoms with Crippen molar-refractivity contribution in [3.05, 3.63) is 97.9 Å². The molecular weight excluding hydrogens is 421 g/mol. The molecule has 156 valence electrons. The molecule has 1 aromatic heterocycles. The fourth-order valence-electron chi connectivity index (χ4n) is 3.06. The average Bonchev–Trinajstić information content (AvgIpc) is 2.75. The summed E-state index contributed by atoms with van der Waals surface area (Å²) in [4.78, 5) is 25.3. The van der Waals surface area contributed by atoms with Gasteiger partial charge in [0.1, 0.15) is 5.69 Å². The summed E-state index contributed by atoms with van der Waals surface area (Å²) in [6.07, 6.45) is 3.09. The van der Waals surface area contributed by atoms with Crippen LogP contribution in [0.5, 0.6) is 0 Å². The van der Waals surface area contributed by atoms with Crippen molar-refractivity contribution in [2.24, 2.45) is 7.05 Å². The fraction of sp³-hybridized carbons (Fsp3) is 0.217. The predicted molar refractivity (Wildman–Crippen MR) is 123 cm³/mol. The van der Waals surface area contributed by atoms with E-state index in [1.54, 1.807) is 25.4 Å². The maximum absolute atomic E-state index is 12.7. The monoisotopic (exact) mass is 443 g/mol. The highest BCUT2D eigenvalue weighted by Crippen LogP contribution is 2.23. The summed E-state index contributed by atoms with van der Waals surface area (Å²) in [5, 5.41) is 7.06. The molecule has 5 nitrogen and oxygen atoms in total. The van der Waals surface area contributed by atoms with Gasteiger partial charge in [-0.1, -0.05) is 59.6 Å². The highest BCUT2D eigenvalue weighted by atomic mass is 35.5. The van der Waals surface area contributed by atoms with Gasteiger partial charge in [0.25, 0.3) is 11.5 Å². The van der Waals surface area contributed by atoms with Crippen molar-refractivity contribution < 1.29 is 4.79 Å². The topological polar surface area (TPSA) is 63.1 Å². The van der Waals surface area contributed by atoms with Gasteiger partial charge in [0, 0.05) is 26.3 Å². The first-order chi connectivity index (χ1) is 14.5. The molecular formula is C23H23Cl2N3O2. The zero-order valence-electron chi connectivity index (χ0n) is 16.6. The van der Waals surface area contributed by atoms with Crippen molar-refractivity contribution in [3.63, 3.8) is 0 Å². The van der Waals surface area contributed by atoms with Crippen molar-refractivity contribution in [1.29, 1.82) is 0 Å². The smallest absolute Gasteiger partial charge is 0.274 e. The number of aromatic nitrogens is 1. The number of hydrogen-bond acceptors (Lipinski definition) is 3. The number of hydrogen-bond donors (Lipinski definition) is 2. The van der Waals surface area contributed by atoms with Gasteiger partial charge in [-0.3, -0.25) is 9.59 Å². The molecule has 2 N–H and O–H groups in total. The molecule has 0 atom stereocenters. The number of pyridine rings is 1. The van der Waals surface area contributed by atoms with Gasteiger partial charge in [-0.25, -0.2) is 0 Å². The molecule has 7 heteroatoms. The summed E-state index contributed by atoms with van der Waals surface area (Å²) in [6, 6.07) is 16.9. The molecule has 0 radical (unpaired) electrons. The van der Waals surface area contributed by atoms with E-state index in [-0.39, 0.29) is 11.5 Å². The molecule has 0 bridgehead atoms. The van der Waals surface area contributed by atoms with E-state index >= 15 is 0 Å². The highest BCUT2D eigenvalue weighted by molar-refractivity contribution is 6.42. The van der Waals surface area contributed by atoms with Crippen LogP contribution in [0.2, 0.25) is 10.0 Å². The molecule has 30 heavy (non-hydrogen) atoms. The van der Waals surface area contributed by atoms with Gasteiger partial charge in [-0.2, -0.15) is 0 Å². The lowest BCUT2D eigenvalue weighted by atomic mass is 10.1. The van der Waals surface area contributed by atoms with Crippen molar-refractivity contribution >= 4 is 34.8 Å². The number of benzene rings is 2. The Balaban J connectivity index is 1.62. The molecule has 0 aliphatic heterocycles. The van der Waals surface area contributed by atoms with Gasteiger partial charge < -0.3 is 15.2 Å². The summed E-state index contributed by atoms with van der Waals surface area (Å²) in [6.45, 7) is 0.935. The lowest BCUT2D eigenvalue weighted by Gasteiger charge is -2.13. The highest BCUT2D eigenvalue weighted by Gasteiger charge is 2.15. The van der Waals surface area contributed by atoms with E-state index in [2.05, 4.69) is 10.6 Å². The second-order valence-corrected chi connectivity index (χ2v) is 7.78. The lowest BCUT2D eigenvalue weighted by molar-refractivity contribution is 0.0953. The van der Waals surface area contributed by atoms with E-state index in [0.29, 0.717) is 34.4 Å². The maximum Gasteiger partial charge on any atom is 0.274 e. The Bertz CT molecular complexity index is 1080. The second-order valence-electron chi connectivity index (χ2n) is 6.97. The third-order valence-electron chi connectivity index (χ3n) is 4.74. The van der Waals surface area contributed by atoms with Gasteiger partial charge in [-0.15, -0.1) is 0 Å². The van der Waals surface area contributed by atoms with Gasteiger partial charge in [-0.05, 0) is 42.2 Å². The Morgan fingerprint density at radius 2 is 1.77 bits per heavy atom. The number of carbonyl (C=O) groups is 1. The number of rotatable bonds is 8. The summed E-state index contributed by atoms with van der Waals surface area (Å²) in [5.41, 5.74) is 2.47. The summed E-state index contributed by atoms with van der Waals surface area (Å²) < 4.78 is 1.45. The number of nitrogens with zero attached hydrogens (tertiary/aromatic N) is 1. The van der Waals surface area contributed by atoms with Crippen LogP contribution < -0.4 is 16.2 Å². The molecule has 0 aliphatic carbocycles. The van der Waals surface area contributed by atoms with E-state index in [1.807, 2.05) is 42.5 Å². The van der Waals surface area contributed by atoms with Crippen molar-refractivity contribution in [1.82, 2.24) is 9.88 Å². The Hall–Kier alpha value is -2.76. The largest absolute Gasteiger partial charge is 0.376 e. The molecule has 0 spiro atoms. The maximum atomic E-state index is 12.7. The Labute approximate surface area is 185 Å². The van der Waals surface area contributed by atoms with Crippen molar-refractivity contribution in [3.8, 4) is 0 Å². The van der Waals surface area contributed by atoms with Crippen LogP contribution in [0.3, 0.4) is 0 Å². The summed E-state index contributed by atoms with van der Waals surface area (Å²) in [5.74, 6) is -0.280. The van der Waals surface area contributed by atoms with E-state index in [0.717, 1.165) is 24.0 Å². The summed E-state index contributed by atoms with van der Waals surface area (Å²) in [7, 11) is 1.66. The Kier molecular flexibility index (Phi) is 7.55. The number of halogens is 2. The minimum atomic E-state index is -0.280. The Morgan fingerprint density at radius 3 is 2.50 bits per heavy atom. The van der Waals surface area contributed by atoms with Crippen molar-refractivity contribution in [2.75, 3.05) is 11.9 Å². The number of nitrogens with one attached hydrogen (secondary N) is 2. The van der Waals surface area contributed by atoms with Crippen LogP contribution in [0.15, 0.2) is 65.6 Å². The molecule has 3 rings (SSSR count). The van der Waals surface area contributed by atoms with E-state index in [1.165, 1.54) is 4.57 Å². The Morgan fingerprint density at radius 1 is 1.00 bits per heavy atom. The van der Waals surface area contributed by atoms with E-state index in [9.17, 15) is 9.59 Å². The van der Waals surface area contributed by atoms with Crippen molar-refractivity contribution in [2.45, 2.75) is 19.4 Å². The van der Waals surface area contributed by atoms with Crippen LogP contribution >= 0.6 is 23.2 Å². The van der Waals surface area contributed by atoms with Crippen LogP contribution in [0.4, 0.5) is 5.69 Å². The van der Waals surface area contributed by atoms with Gasteiger partial charge in [0.05, 0.1) is 15.6 Å². The first-order valence-corrected chi connectivity index (χ1v) is 10.4. The molecule has 3 aromatic rings. The summed E-state index contributed by atoms with van der Waals surface area (Å²) >= 11 is 12.0. The van der Waals surface area contributed by atoms with Crippen LogP contribution in [-0.4, -0.2) is 17.0 Å². The second kappa shape index (κ2) is 10.3. The molecule has 1 heterocycles. The van der Waals surface area contributed by atoms with Crippen LogP contribution in [0.25, 0.3) is 0 Å². The first kappa shape index (κ1) is 21.9. The lowest BCUT2D eigenvalue weighted by Crippen LogP contribution is -2.30. The van der Waals surface area contributed by atoms with Gasteiger partial charge in [0.15, 0.2) is 0 Å². The molecule has 0 unspecified atom stereocenters. The third kappa shape index (κ3) is 5.65. The zero-order chi connectivity index (χ0) is 21.5. The third-order valence-corrected chi connectivity index (χ3v) is 5.48. The number of amides is 1. The quantitative estimate of drug-likeness (QED) is 0.497. The van der Waals surface area contributed by atoms with Crippen LogP contribution in [0.1, 0.15) is 27.9 Å². The number of aryl methyl sites for hydroxylation is 2. The van der Waals surface area contributed by atoms with Gasteiger partial charge >= 0.3 is 0 Å². The molecule has 1 amide bonds. The van der Waals surface area contributed by atoms with Gasteiger partial charge in [0.2, 0.25) is 0 Å². The van der Waals surface area contributed by atoms with E-state index < -0.39 is 0 Å². The van der Waals surface area contributed by atoms with Crippen LogP contribution in [-0.2, 0) is 20.0 Å². The molecule has 0 aliphatic rings. The number of carbonyl (C=O) groups excluding carboxylic acids is 1. The van der Waals surface area contributed by atoms with Crippen LogP contribution in [0, 0.1) is 0 Å². The molecule has 0 saturated carbocycles. The first-order valence-electron chi connectivity index (χ1n) is 9.65. The SMILES string of the molecule is Cn1ccc(C(=O)NCCCc2ccc(Cl)c(Cl)c2)c(NCc2ccccc2)c1=O. The fourth-order valence-corrected chi connectivity index (χ4v) is 3.38. The number of anilines is 1. The molecule has 2 aromatic carbocycles. The predicted octanol–water partition coefficient (Wildman–Crippen LogP) is 4.67. The molecule has 0 saturated heterocycles.